The molecule has 1 nitrogen and oxygen atoms in total. The van der Waals surface area contributed by atoms with Gasteiger partial charge >= 0.3 is 0 Å². The zero-order valence-corrected chi connectivity index (χ0v) is 14.0. The molecule has 1 aliphatic heterocycles. The predicted octanol–water partition coefficient (Wildman–Crippen LogP) is 0.751. The molecular formula is C14H8OSi4. The van der Waals surface area contributed by atoms with E-state index in [1.165, 1.54) is 31.9 Å². The van der Waals surface area contributed by atoms with Crippen molar-refractivity contribution in [2.45, 2.75) is 0 Å². The van der Waals surface area contributed by atoms with Crippen molar-refractivity contribution >= 4 is 68.6 Å². The maximum absolute atomic E-state index is 5.84. The van der Waals surface area contributed by atoms with Crippen molar-refractivity contribution in [2.24, 2.45) is 0 Å². The molecule has 1 aliphatic rings. The third-order valence-corrected chi connectivity index (χ3v) is 9.85. The monoisotopic (exact) mass is 304 g/mol. The van der Waals surface area contributed by atoms with Crippen molar-refractivity contribution in [1.82, 2.24) is 0 Å². The molecule has 0 amide bonds. The second-order valence-electron chi connectivity index (χ2n) is 4.46. The average Bonchev–Trinajstić information content (AvgIpc) is 2.45. The Labute approximate surface area is 121 Å². The van der Waals surface area contributed by atoms with Gasteiger partial charge in [0, 0.05) is 0 Å². The molecule has 0 unspecified atom stereocenters. The molecule has 0 spiro atoms. The Bertz CT molecular complexity index is 711. The lowest BCUT2D eigenvalue weighted by Gasteiger charge is -2.12. The van der Waals surface area contributed by atoms with Gasteiger partial charge in [-0.3, -0.25) is 0 Å². The van der Waals surface area contributed by atoms with Crippen molar-refractivity contribution in [3.05, 3.63) is 48.5 Å². The predicted molar refractivity (Wildman–Crippen MR) is 84.8 cm³/mol. The highest BCUT2D eigenvalue weighted by molar-refractivity contribution is 7.12. The zero-order valence-electron chi connectivity index (χ0n) is 10.0. The molecule has 0 atom stereocenters. The molecule has 0 N–H and O–H groups in total. The van der Waals surface area contributed by atoms with Gasteiger partial charge in [0.05, 0.1) is 0 Å². The molecule has 3 aromatic rings. The fourth-order valence-electron chi connectivity index (χ4n) is 2.46. The Kier molecular flexibility index (Phi) is 3.01. The van der Waals surface area contributed by atoms with Gasteiger partial charge in [-0.05, 0) is 33.7 Å². The molecule has 4 rings (SSSR count). The molecule has 3 aromatic carbocycles. The fraction of sp³-hybridized carbons (Fsp3) is 0. The van der Waals surface area contributed by atoms with E-state index in [-0.39, 0.29) is 0 Å². The van der Waals surface area contributed by atoms with E-state index in [2.05, 4.69) is 48.5 Å². The SMILES string of the molecule is c1cc2c3cc4c(cccc4cc3c1)[Si][Si]O[Si][Si]2. The summed E-state index contributed by atoms with van der Waals surface area (Å²) in [5.41, 5.74) is 0. The first kappa shape index (κ1) is 11.8. The normalized spacial score (nSPS) is 15.4. The smallest absolute Gasteiger partial charge is 0.196 e. The highest BCUT2D eigenvalue weighted by atomic mass is 29.2. The van der Waals surface area contributed by atoms with Crippen LogP contribution in [0.2, 0.25) is 0 Å². The lowest BCUT2D eigenvalue weighted by molar-refractivity contribution is 0.674. The lowest BCUT2D eigenvalue weighted by Crippen LogP contribution is -2.31. The third-order valence-electron chi connectivity index (χ3n) is 3.35. The lowest BCUT2D eigenvalue weighted by atomic mass is 10.0. The highest BCUT2D eigenvalue weighted by Crippen LogP contribution is 2.20. The Hall–Kier alpha value is -0.992. The largest absolute Gasteiger partial charge is 0.461 e. The van der Waals surface area contributed by atoms with Crippen LogP contribution in [0.3, 0.4) is 0 Å². The molecule has 86 valence electrons. The van der Waals surface area contributed by atoms with Gasteiger partial charge in [-0.15, -0.1) is 0 Å². The number of benzene rings is 3. The van der Waals surface area contributed by atoms with E-state index in [0.29, 0.717) is 18.6 Å². The second kappa shape index (κ2) is 4.84. The molecule has 0 saturated carbocycles. The van der Waals surface area contributed by atoms with E-state index in [1.54, 1.807) is 0 Å². The Balaban J connectivity index is 2.14. The average molecular weight is 305 g/mol. The van der Waals surface area contributed by atoms with Crippen LogP contribution in [0.1, 0.15) is 0 Å². The van der Waals surface area contributed by atoms with Crippen LogP contribution in [0, 0.1) is 0 Å². The van der Waals surface area contributed by atoms with Crippen LogP contribution in [0.5, 0.6) is 0 Å². The Morgan fingerprint density at radius 2 is 1.26 bits per heavy atom. The third kappa shape index (κ3) is 2.07. The maximum atomic E-state index is 5.84. The van der Waals surface area contributed by atoms with E-state index < -0.39 is 0 Å². The van der Waals surface area contributed by atoms with Crippen molar-refractivity contribution in [3.8, 4) is 0 Å². The van der Waals surface area contributed by atoms with E-state index in [1.807, 2.05) is 0 Å². The first-order valence-electron chi connectivity index (χ1n) is 6.05. The van der Waals surface area contributed by atoms with Crippen molar-refractivity contribution in [2.75, 3.05) is 0 Å². The van der Waals surface area contributed by atoms with Gasteiger partial charge < -0.3 is 4.12 Å². The first-order chi connectivity index (χ1) is 9.42. The number of hydrogen-bond acceptors (Lipinski definition) is 1. The van der Waals surface area contributed by atoms with Crippen molar-refractivity contribution in [3.63, 3.8) is 0 Å². The minimum atomic E-state index is 0.617. The minimum absolute atomic E-state index is 0.617. The summed E-state index contributed by atoms with van der Waals surface area (Å²) in [6.45, 7) is 0. The van der Waals surface area contributed by atoms with Gasteiger partial charge in [0.1, 0.15) is 18.1 Å². The molecule has 0 fully saturated rings. The van der Waals surface area contributed by atoms with Crippen LogP contribution < -0.4 is 10.4 Å². The molecule has 0 saturated heterocycles. The summed E-state index contributed by atoms with van der Waals surface area (Å²) in [4.78, 5) is 0. The van der Waals surface area contributed by atoms with E-state index in [0.717, 1.165) is 18.1 Å². The fourth-order valence-corrected chi connectivity index (χ4v) is 9.07. The number of hydrogen-bond donors (Lipinski definition) is 0. The highest BCUT2D eigenvalue weighted by Gasteiger charge is 2.10. The summed E-state index contributed by atoms with van der Waals surface area (Å²) in [6, 6.07) is 18.0. The van der Waals surface area contributed by atoms with Gasteiger partial charge in [-0.25, -0.2) is 0 Å². The molecule has 1 heterocycles. The van der Waals surface area contributed by atoms with Gasteiger partial charge in [-0.1, -0.05) is 46.8 Å². The Morgan fingerprint density at radius 3 is 1.84 bits per heavy atom. The summed E-state index contributed by atoms with van der Waals surface area (Å²) in [5.74, 6) is 0. The molecule has 19 heavy (non-hydrogen) atoms. The van der Waals surface area contributed by atoms with E-state index >= 15 is 0 Å². The van der Waals surface area contributed by atoms with Crippen LogP contribution >= 0.6 is 0 Å². The Morgan fingerprint density at radius 1 is 0.684 bits per heavy atom. The van der Waals surface area contributed by atoms with Crippen LogP contribution in [0.15, 0.2) is 48.5 Å². The van der Waals surface area contributed by atoms with Crippen molar-refractivity contribution in [1.29, 1.82) is 0 Å². The molecule has 2 bridgehead atoms. The molecule has 0 aliphatic carbocycles. The first-order valence-corrected chi connectivity index (χ1v) is 11.9. The maximum Gasteiger partial charge on any atom is 0.196 e. The van der Waals surface area contributed by atoms with Crippen molar-refractivity contribution < 1.29 is 4.12 Å². The summed E-state index contributed by atoms with van der Waals surface area (Å²) < 4.78 is 5.84. The summed E-state index contributed by atoms with van der Waals surface area (Å²) in [7, 11) is 2.80. The van der Waals surface area contributed by atoms with Crippen LogP contribution in [0.4, 0.5) is 0 Å². The van der Waals surface area contributed by atoms with Crippen LogP contribution in [-0.4, -0.2) is 36.6 Å². The summed E-state index contributed by atoms with van der Waals surface area (Å²) in [5, 5.41) is 8.42. The molecular weight excluding hydrogens is 296 g/mol. The van der Waals surface area contributed by atoms with Gasteiger partial charge in [0.2, 0.25) is 0 Å². The van der Waals surface area contributed by atoms with Gasteiger partial charge in [0.15, 0.2) is 18.6 Å². The van der Waals surface area contributed by atoms with E-state index in [9.17, 15) is 0 Å². The standard InChI is InChI=1S/C14H8OSi4/c1-3-9-7-10-4-2-6-14-12(10)8-11(9)13(5-1)16-18-15-19-17-14/h1-8H. The molecule has 5 heteroatoms. The topological polar surface area (TPSA) is 9.23 Å². The van der Waals surface area contributed by atoms with E-state index in [4.69, 9.17) is 4.12 Å². The molecule has 0 aromatic heterocycles. The van der Waals surface area contributed by atoms with Gasteiger partial charge in [0.25, 0.3) is 0 Å². The van der Waals surface area contributed by atoms with Gasteiger partial charge in [-0.2, -0.15) is 0 Å². The quantitative estimate of drug-likeness (QED) is 0.440. The minimum Gasteiger partial charge on any atom is -0.461 e. The van der Waals surface area contributed by atoms with Crippen LogP contribution in [-0.2, 0) is 4.12 Å². The summed E-state index contributed by atoms with van der Waals surface area (Å²) in [6.07, 6.45) is 0. The molecule has 8 radical (unpaired) electrons. The second-order valence-corrected chi connectivity index (χ2v) is 9.99. The summed E-state index contributed by atoms with van der Waals surface area (Å²) >= 11 is 0. The van der Waals surface area contributed by atoms with Crippen LogP contribution in [0.25, 0.3) is 21.5 Å². The number of rotatable bonds is 0. The zero-order chi connectivity index (χ0) is 12.7.